The van der Waals surface area contributed by atoms with Crippen molar-refractivity contribution in [2.45, 2.75) is 45.1 Å². The number of hydrogen-bond donors (Lipinski definition) is 1. The van der Waals surface area contributed by atoms with Gasteiger partial charge in [0.2, 0.25) is 0 Å². The van der Waals surface area contributed by atoms with E-state index in [2.05, 4.69) is 36.4 Å². The normalized spacial score (nSPS) is 18.5. The third-order valence-electron chi connectivity index (χ3n) is 2.78. The molecular formula is C12H19N3OS. The second-order valence-electron chi connectivity index (χ2n) is 5.31. The average molecular weight is 253 g/mol. The molecule has 5 heteroatoms. The molecule has 1 aromatic rings. The Hall–Kier alpha value is -0.940. The highest BCUT2D eigenvalue weighted by atomic mass is 32.1. The summed E-state index contributed by atoms with van der Waals surface area (Å²) in [6, 6.07) is -0.218. The van der Waals surface area contributed by atoms with Crippen LogP contribution in [0.5, 0.6) is 0 Å². The van der Waals surface area contributed by atoms with Crippen molar-refractivity contribution in [3.8, 4) is 0 Å². The van der Waals surface area contributed by atoms with Crippen molar-refractivity contribution in [1.29, 1.82) is 0 Å². The van der Waals surface area contributed by atoms with Crippen LogP contribution in [0.2, 0.25) is 0 Å². The second kappa shape index (κ2) is 4.74. The molecule has 1 unspecified atom stereocenters. The van der Waals surface area contributed by atoms with E-state index in [9.17, 15) is 0 Å². The minimum Gasteiger partial charge on any atom is -0.496 e. The molecule has 0 aromatic carbocycles. The highest BCUT2D eigenvalue weighted by molar-refractivity contribution is 7.05. The maximum absolute atomic E-state index is 6.25. The Labute approximate surface area is 106 Å². The molecule has 17 heavy (non-hydrogen) atoms. The fourth-order valence-electron chi connectivity index (χ4n) is 1.84. The first-order valence-electron chi connectivity index (χ1n) is 5.91. The molecule has 0 bridgehead atoms. The molecule has 2 rings (SSSR count). The highest BCUT2D eigenvalue weighted by Crippen LogP contribution is 2.33. The number of rotatable bonds is 2. The summed E-state index contributed by atoms with van der Waals surface area (Å²) in [5, 5.41) is 4.21. The van der Waals surface area contributed by atoms with E-state index in [1.807, 2.05) is 0 Å². The quantitative estimate of drug-likeness (QED) is 0.879. The van der Waals surface area contributed by atoms with Crippen LogP contribution in [0.3, 0.4) is 0 Å². The third-order valence-corrected chi connectivity index (χ3v) is 3.58. The minimum absolute atomic E-state index is 0.0326. The van der Waals surface area contributed by atoms with Crippen LogP contribution in [-0.4, -0.2) is 16.2 Å². The first-order valence-corrected chi connectivity index (χ1v) is 6.68. The van der Waals surface area contributed by atoms with Gasteiger partial charge in [-0.3, -0.25) is 0 Å². The summed E-state index contributed by atoms with van der Waals surface area (Å²) in [7, 11) is 0. The van der Waals surface area contributed by atoms with E-state index in [1.54, 1.807) is 0 Å². The Morgan fingerprint density at radius 1 is 1.47 bits per heavy atom. The summed E-state index contributed by atoms with van der Waals surface area (Å²) >= 11 is 1.37. The van der Waals surface area contributed by atoms with Gasteiger partial charge in [0.05, 0.1) is 17.2 Å². The smallest absolute Gasteiger partial charge is 0.114 e. The van der Waals surface area contributed by atoms with E-state index in [1.165, 1.54) is 11.5 Å². The zero-order valence-electron chi connectivity index (χ0n) is 10.6. The van der Waals surface area contributed by atoms with Crippen molar-refractivity contribution >= 4 is 11.5 Å². The van der Waals surface area contributed by atoms with E-state index in [4.69, 9.17) is 10.5 Å². The van der Waals surface area contributed by atoms with Gasteiger partial charge in [-0.2, -0.15) is 0 Å². The van der Waals surface area contributed by atoms with Crippen LogP contribution in [0.15, 0.2) is 11.8 Å². The van der Waals surface area contributed by atoms with Crippen molar-refractivity contribution in [1.82, 2.24) is 9.59 Å². The summed E-state index contributed by atoms with van der Waals surface area (Å²) < 4.78 is 9.65. The lowest BCUT2D eigenvalue weighted by Gasteiger charge is -2.23. The lowest BCUT2D eigenvalue weighted by molar-refractivity contribution is 0.176. The number of hydrogen-bond acceptors (Lipinski definition) is 5. The maximum atomic E-state index is 6.25. The number of aromatic nitrogens is 2. The highest BCUT2D eigenvalue weighted by Gasteiger charge is 2.28. The zero-order valence-corrected chi connectivity index (χ0v) is 11.4. The average Bonchev–Trinajstić information content (AvgIpc) is 2.78. The predicted octanol–water partition coefficient (Wildman–Crippen LogP) is 2.53. The molecule has 1 aliphatic rings. The molecular weight excluding hydrogens is 234 g/mol. The molecule has 0 radical (unpaired) electrons. The third kappa shape index (κ3) is 2.66. The lowest BCUT2D eigenvalue weighted by atomic mass is 9.89. The first-order chi connectivity index (χ1) is 8.00. The van der Waals surface area contributed by atoms with Gasteiger partial charge < -0.3 is 10.5 Å². The Morgan fingerprint density at radius 3 is 2.82 bits per heavy atom. The van der Waals surface area contributed by atoms with Crippen LogP contribution >= 0.6 is 11.5 Å². The molecule has 0 saturated heterocycles. The van der Waals surface area contributed by atoms with Gasteiger partial charge in [-0.1, -0.05) is 25.3 Å². The Kier molecular flexibility index (Phi) is 3.49. The van der Waals surface area contributed by atoms with Crippen molar-refractivity contribution in [3.63, 3.8) is 0 Å². The van der Waals surface area contributed by atoms with Gasteiger partial charge >= 0.3 is 0 Å². The van der Waals surface area contributed by atoms with Gasteiger partial charge in [0.25, 0.3) is 0 Å². The standard InChI is InChI=1S/C12H19N3OS/c1-12(2,3)11-10(17-15-14-11)9(13)8-6-4-5-7-16-8/h6,9H,4-5,7,13H2,1-3H3. The molecule has 94 valence electrons. The van der Waals surface area contributed by atoms with E-state index in [0.29, 0.717) is 0 Å². The van der Waals surface area contributed by atoms with Crippen LogP contribution in [0, 0.1) is 0 Å². The number of nitrogens with two attached hydrogens (primary N) is 1. The van der Waals surface area contributed by atoms with Crippen LogP contribution in [0.25, 0.3) is 0 Å². The Bertz CT molecular complexity index is 420. The summed E-state index contributed by atoms with van der Waals surface area (Å²) in [5.74, 6) is 0.868. The zero-order chi connectivity index (χ0) is 12.5. The summed E-state index contributed by atoms with van der Waals surface area (Å²) in [6.07, 6.45) is 4.20. The van der Waals surface area contributed by atoms with Crippen molar-refractivity contribution in [2.75, 3.05) is 6.61 Å². The molecule has 2 N–H and O–H groups in total. The molecule has 0 aliphatic carbocycles. The molecule has 0 saturated carbocycles. The molecule has 1 aromatic heterocycles. The minimum atomic E-state index is -0.218. The van der Waals surface area contributed by atoms with Gasteiger partial charge in [-0.15, -0.1) is 5.10 Å². The molecule has 0 fully saturated rings. The van der Waals surface area contributed by atoms with E-state index < -0.39 is 0 Å². The molecule has 0 amide bonds. The summed E-state index contributed by atoms with van der Waals surface area (Å²) in [4.78, 5) is 1.02. The van der Waals surface area contributed by atoms with Crippen LogP contribution in [0.1, 0.15) is 50.2 Å². The fourth-order valence-corrected chi connectivity index (χ4v) is 2.72. The molecule has 2 heterocycles. The topological polar surface area (TPSA) is 61.0 Å². The molecule has 1 aliphatic heterocycles. The summed E-state index contributed by atoms with van der Waals surface area (Å²) in [5.41, 5.74) is 7.19. The van der Waals surface area contributed by atoms with Gasteiger partial charge in [-0.25, -0.2) is 0 Å². The van der Waals surface area contributed by atoms with Crippen molar-refractivity contribution < 1.29 is 4.74 Å². The summed E-state index contributed by atoms with van der Waals surface area (Å²) in [6.45, 7) is 7.12. The van der Waals surface area contributed by atoms with E-state index in [-0.39, 0.29) is 11.5 Å². The molecule has 4 nitrogen and oxygen atoms in total. The maximum Gasteiger partial charge on any atom is 0.114 e. The van der Waals surface area contributed by atoms with Crippen molar-refractivity contribution in [3.05, 3.63) is 22.4 Å². The largest absolute Gasteiger partial charge is 0.496 e. The van der Waals surface area contributed by atoms with E-state index >= 15 is 0 Å². The van der Waals surface area contributed by atoms with Gasteiger partial charge in [-0.05, 0) is 30.5 Å². The number of ether oxygens (including phenoxy) is 1. The second-order valence-corrected chi connectivity index (χ2v) is 6.10. The Morgan fingerprint density at radius 2 is 2.24 bits per heavy atom. The molecule has 1 atom stereocenters. The van der Waals surface area contributed by atoms with Gasteiger partial charge in [0, 0.05) is 5.41 Å². The molecule has 0 spiro atoms. The first kappa shape index (κ1) is 12.5. The monoisotopic (exact) mass is 253 g/mol. The van der Waals surface area contributed by atoms with Gasteiger partial charge in [0.15, 0.2) is 0 Å². The number of allylic oxidation sites excluding steroid dienone is 1. The van der Waals surface area contributed by atoms with Crippen molar-refractivity contribution in [2.24, 2.45) is 5.73 Å². The lowest BCUT2D eigenvalue weighted by Crippen LogP contribution is -2.22. The SMILES string of the molecule is CC(C)(C)c1nnsc1C(N)C1=CCCCO1. The van der Waals surface area contributed by atoms with Gasteiger partial charge in [0.1, 0.15) is 11.8 Å². The fraction of sp³-hybridized carbons (Fsp3) is 0.667. The number of nitrogens with zero attached hydrogens (tertiary/aromatic N) is 2. The van der Waals surface area contributed by atoms with Crippen LogP contribution < -0.4 is 5.73 Å². The van der Waals surface area contributed by atoms with E-state index in [0.717, 1.165) is 35.8 Å². The Balaban J connectivity index is 2.28. The van der Waals surface area contributed by atoms with Crippen LogP contribution in [0.4, 0.5) is 0 Å². The van der Waals surface area contributed by atoms with Crippen LogP contribution in [-0.2, 0) is 10.2 Å². The predicted molar refractivity (Wildman–Crippen MR) is 68.8 cm³/mol.